The minimum Gasteiger partial charge on any atom is -0.497 e. The van der Waals surface area contributed by atoms with Crippen LogP contribution in [0.25, 0.3) is 10.2 Å². The molecule has 0 saturated carbocycles. The fraction of sp³-hybridized carbons (Fsp3) is 0.0476. The fourth-order valence-corrected chi connectivity index (χ4v) is 5.30. The van der Waals surface area contributed by atoms with E-state index in [1.807, 2.05) is 0 Å². The molecule has 3 aromatic carbocycles. The summed E-state index contributed by atoms with van der Waals surface area (Å²) in [4.78, 5) is 17.0. The zero-order valence-electron chi connectivity index (χ0n) is 16.4. The van der Waals surface area contributed by atoms with Gasteiger partial charge in [-0.1, -0.05) is 34.5 Å². The minimum absolute atomic E-state index is 0.0910. The van der Waals surface area contributed by atoms with E-state index in [-0.39, 0.29) is 4.90 Å². The third kappa shape index (κ3) is 4.66. The van der Waals surface area contributed by atoms with Gasteiger partial charge in [-0.05, 0) is 60.7 Å². The van der Waals surface area contributed by atoms with Crippen molar-refractivity contribution in [1.29, 1.82) is 0 Å². The highest BCUT2D eigenvalue weighted by atomic mass is 35.5. The van der Waals surface area contributed by atoms with Crippen molar-refractivity contribution in [2.24, 2.45) is 0 Å². The smallest absolute Gasteiger partial charge is 0.261 e. The van der Waals surface area contributed by atoms with Crippen molar-refractivity contribution in [2.75, 3.05) is 17.1 Å². The molecule has 7 nitrogen and oxygen atoms in total. The number of nitrogens with zero attached hydrogens (tertiary/aromatic N) is 1. The van der Waals surface area contributed by atoms with E-state index < -0.39 is 15.9 Å². The zero-order valence-corrected chi connectivity index (χ0v) is 19.6. The number of methoxy groups -OCH3 is 1. The molecule has 0 saturated heterocycles. The maximum absolute atomic E-state index is 12.6. The molecule has 2 N–H and O–H groups in total. The lowest BCUT2D eigenvalue weighted by Crippen LogP contribution is -2.14. The van der Waals surface area contributed by atoms with Gasteiger partial charge in [-0.3, -0.25) is 14.8 Å². The standard InChI is InChI=1S/C21H15Cl2N3O4S2/c1-30-14-6-8-15(9-7-14)32(28,29)26-13-4-2-12(3-5-13)20(27)25-21-24-18-16(22)10-11-17(23)19(18)31-21/h2-11,26H,1H3,(H,24,25,27). The number of hydrogen-bond donors (Lipinski definition) is 2. The van der Waals surface area contributed by atoms with Crippen molar-refractivity contribution in [2.45, 2.75) is 4.90 Å². The Labute approximate surface area is 198 Å². The summed E-state index contributed by atoms with van der Waals surface area (Å²) in [6.45, 7) is 0. The molecule has 1 aromatic heterocycles. The monoisotopic (exact) mass is 507 g/mol. The summed E-state index contributed by atoms with van der Waals surface area (Å²) < 4.78 is 33.3. The second kappa shape index (κ2) is 8.95. The van der Waals surface area contributed by atoms with Crippen LogP contribution in [-0.4, -0.2) is 26.4 Å². The Kier molecular flexibility index (Phi) is 6.25. The van der Waals surface area contributed by atoms with Gasteiger partial charge in [0.1, 0.15) is 11.3 Å². The van der Waals surface area contributed by atoms with Crippen LogP contribution in [0.1, 0.15) is 10.4 Å². The largest absolute Gasteiger partial charge is 0.497 e. The molecule has 0 aliphatic heterocycles. The van der Waals surface area contributed by atoms with Crippen LogP contribution in [0.5, 0.6) is 5.75 Å². The third-order valence-electron chi connectivity index (χ3n) is 4.44. The van der Waals surface area contributed by atoms with Crippen LogP contribution in [0.2, 0.25) is 10.0 Å². The first-order valence-corrected chi connectivity index (χ1v) is 12.2. The molecule has 0 unspecified atom stereocenters. The molecule has 0 fully saturated rings. The second-order valence-corrected chi connectivity index (χ2v) is 10.0. The van der Waals surface area contributed by atoms with E-state index in [2.05, 4.69) is 15.0 Å². The number of thiazole rings is 1. The van der Waals surface area contributed by atoms with E-state index in [9.17, 15) is 13.2 Å². The number of fused-ring (bicyclic) bond motifs is 1. The molecule has 4 rings (SSSR count). The van der Waals surface area contributed by atoms with E-state index in [4.69, 9.17) is 27.9 Å². The number of halogens is 2. The van der Waals surface area contributed by atoms with E-state index in [1.165, 1.54) is 54.8 Å². The van der Waals surface area contributed by atoms with Gasteiger partial charge in [-0.25, -0.2) is 13.4 Å². The van der Waals surface area contributed by atoms with E-state index >= 15 is 0 Å². The molecule has 32 heavy (non-hydrogen) atoms. The van der Waals surface area contributed by atoms with Gasteiger partial charge in [-0.15, -0.1) is 0 Å². The highest BCUT2D eigenvalue weighted by Gasteiger charge is 2.16. The van der Waals surface area contributed by atoms with E-state index in [0.717, 1.165) is 0 Å². The summed E-state index contributed by atoms with van der Waals surface area (Å²) in [5.74, 6) is 0.151. The Morgan fingerprint density at radius 3 is 2.25 bits per heavy atom. The maximum atomic E-state index is 12.6. The Bertz CT molecular complexity index is 1360. The van der Waals surface area contributed by atoms with Crippen molar-refractivity contribution in [1.82, 2.24) is 4.98 Å². The number of benzene rings is 3. The van der Waals surface area contributed by atoms with Crippen LogP contribution in [0.15, 0.2) is 65.6 Å². The van der Waals surface area contributed by atoms with E-state index in [0.29, 0.717) is 42.4 Å². The molecule has 0 bridgehead atoms. The molecular formula is C21H15Cl2N3O4S2. The first-order valence-electron chi connectivity index (χ1n) is 9.09. The van der Waals surface area contributed by atoms with Crippen molar-refractivity contribution in [3.8, 4) is 5.75 Å². The van der Waals surface area contributed by atoms with Crippen molar-refractivity contribution < 1.29 is 17.9 Å². The van der Waals surface area contributed by atoms with Gasteiger partial charge < -0.3 is 4.74 Å². The van der Waals surface area contributed by atoms with Gasteiger partial charge in [0.25, 0.3) is 15.9 Å². The Morgan fingerprint density at radius 2 is 1.62 bits per heavy atom. The van der Waals surface area contributed by atoms with Crippen LogP contribution in [0.3, 0.4) is 0 Å². The van der Waals surface area contributed by atoms with Gasteiger partial charge in [0.05, 0.1) is 26.8 Å². The van der Waals surface area contributed by atoms with Crippen molar-refractivity contribution >= 4 is 71.5 Å². The quantitative estimate of drug-likeness (QED) is 0.350. The molecule has 0 spiro atoms. The van der Waals surface area contributed by atoms with Crippen LogP contribution in [0.4, 0.5) is 10.8 Å². The number of carbonyl (C=O) groups is 1. The molecule has 0 aliphatic rings. The van der Waals surface area contributed by atoms with Gasteiger partial charge in [0.15, 0.2) is 5.13 Å². The summed E-state index contributed by atoms with van der Waals surface area (Å²) in [5, 5.41) is 3.99. The highest BCUT2D eigenvalue weighted by molar-refractivity contribution is 7.92. The average molecular weight is 508 g/mol. The topological polar surface area (TPSA) is 97.4 Å². The number of hydrogen-bond acceptors (Lipinski definition) is 6. The maximum Gasteiger partial charge on any atom is 0.261 e. The SMILES string of the molecule is COc1ccc(S(=O)(=O)Nc2ccc(C(=O)Nc3nc4c(Cl)ccc(Cl)c4s3)cc2)cc1. The minimum atomic E-state index is -3.78. The molecular weight excluding hydrogens is 493 g/mol. The number of amides is 1. The molecule has 164 valence electrons. The van der Waals surface area contributed by atoms with Crippen LogP contribution < -0.4 is 14.8 Å². The lowest BCUT2D eigenvalue weighted by atomic mass is 10.2. The van der Waals surface area contributed by atoms with Crippen LogP contribution in [0, 0.1) is 0 Å². The fourth-order valence-electron chi connectivity index (χ4n) is 2.83. The van der Waals surface area contributed by atoms with Crippen LogP contribution in [-0.2, 0) is 10.0 Å². The van der Waals surface area contributed by atoms with Crippen molar-refractivity contribution in [3.05, 3.63) is 76.3 Å². The lowest BCUT2D eigenvalue weighted by molar-refractivity contribution is 0.102. The summed E-state index contributed by atoms with van der Waals surface area (Å²) in [6, 6.07) is 15.3. The predicted molar refractivity (Wildman–Crippen MR) is 128 cm³/mol. The summed E-state index contributed by atoms with van der Waals surface area (Å²) in [7, 11) is -2.28. The number of aromatic nitrogens is 1. The molecule has 1 heterocycles. The predicted octanol–water partition coefficient (Wildman–Crippen LogP) is 5.66. The molecule has 0 aliphatic carbocycles. The second-order valence-electron chi connectivity index (χ2n) is 6.54. The summed E-state index contributed by atoms with van der Waals surface area (Å²) in [6.07, 6.45) is 0. The summed E-state index contributed by atoms with van der Waals surface area (Å²) >= 11 is 13.5. The number of sulfonamides is 1. The number of carbonyl (C=O) groups excluding carboxylic acids is 1. The average Bonchev–Trinajstić information content (AvgIpc) is 3.21. The van der Waals surface area contributed by atoms with Gasteiger partial charge in [0, 0.05) is 11.3 Å². The van der Waals surface area contributed by atoms with Crippen LogP contribution >= 0.6 is 34.5 Å². The molecule has 11 heteroatoms. The summed E-state index contributed by atoms with van der Waals surface area (Å²) in [5.41, 5.74) is 1.16. The highest BCUT2D eigenvalue weighted by Crippen LogP contribution is 2.36. The number of anilines is 2. The van der Waals surface area contributed by atoms with Gasteiger partial charge in [-0.2, -0.15) is 0 Å². The Balaban J connectivity index is 1.47. The number of nitrogens with one attached hydrogen (secondary N) is 2. The third-order valence-corrected chi connectivity index (χ3v) is 7.57. The molecule has 0 atom stereocenters. The van der Waals surface area contributed by atoms with Crippen molar-refractivity contribution in [3.63, 3.8) is 0 Å². The van der Waals surface area contributed by atoms with Gasteiger partial charge in [0.2, 0.25) is 0 Å². The molecule has 1 amide bonds. The first kappa shape index (κ1) is 22.3. The zero-order chi connectivity index (χ0) is 22.9. The molecule has 0 radical (unpaired) electrons. The number of rotatable bonds is 6. The van der Waals surface area contributed by atoms with E-state index in [1.54, 1.807) is 24.3 Å². The molecule has 4 aromatic rings. The number of ether oxygens (including phenoxy) is 1. The normalized spacial score (nSPS) is 11.3. The lowest BCUT2D eigenvalue weighted by Gasteiger charge is -2.09. The van der Waals surface area contributed by atoms with Gasteiger partial charge >= 0.3 is 0 Å². The first-order chi connectivity index (χ1) is 15.3. The Morgan fingerprint density at radius 1 is 0.969 bits per heavy atom. The Hall–Kier alpha value is -2.85.